The minimum absolute atomic E-state index is 0.174. The fraction of sp³-hybridized carbons (Fsp3) is 0.130. The van der Waals surface area contributed by atoms with Crippen molar-refractivity contribution in [1.29, 1.82) is 0 Å². The van der Waals surface area contributed by atoms with Gasteiger partial charge in [-0.3, -0.25) is 9.52 Å². The van der Waals surface area contributed by atoms with E-state index < -0.39 is 10.0 Å². The van der Waals surface area contributed by atoms with E-state index in [4.69, 9.17) is 11.6 Å². The maximum Gasteiger partial charge on any atom is 0.261 e. The third-order valence-corrected chi connectivity index (χ3v) is 6.76. The van der Waals surface area contributed by atoms with E-state index in [-0.39, 0.29) is 16.8 Å². The van der Waals surface area contributed by atoms with Gasteiger partial charge in [0.05, 0.1) is 16.6 Å². The van der Waals surface area contributed by atoms with E-state index >= 15 is 0 Å². The molecular formula is C23H20ClN3O3S. The van der Waals surface area contributed by atoms with Gasteiger partial charge in [0.15, 0.2) is 0 Å². The zero-order chi connectivity index (χ0) is 22.0. The normalized spacial score (nSPS) is 16.1. The third kappa shape index (κ3) is 4.47. The minimum atomic E-state index is -3.66. The van der Waals surface area contributed by atoms with Gasteiger partial charge in [-0.25, -0.2) is 13.4 Å². The molecule has 1 aliphatic rings. The molecule has 0 aliphatic carbocycles. The van der Waals surface area contributed by atoms with Crippen LogP contribution in [0.5, 0.6) is 0 Å². The highest BCUT2D eigenvalue weighted by Crippen LogP contribution is 2.36. The van der Waals surface area contributed by atoms with Crippen molar-refractivity contribution in [2.45, 2.75) is 24.3 Å². The Morgan fingerprint density at radius 2 is 1.65 bits per heavy atom. The molecule has 158 valence electrons. The predicted molar refractivity (Wildman–Crippen MR) is 122 cm³/mol. The van der Waals surface area contributed by atoms with Gasteiger partial charge in [-0.2, -0.15) is 5.10 Å². The molecule has 1 unspecified atom stereocenters. The number of amides is 1. The second kappa shape index (κ2) is 8.53. The maximum absolute atomic E-state index is 12.5. The molecule has 0 saturated heterocycles. The van der Waals surface area contributed by atoms with E-state index in [0.717, 1.165) is 16.8 Å². The molecular weight excluding hydrogens is 434 g/mol. The topological polar surface area (TPSA) is 78.8 Å². The van der Waals surface area contributed by atoms with Gasteiger partial charge >= 0.3 is 0 Å². The Bertz CT molecular complexity index is 1240. The van der Waals surface area contributed by atoms with Crippen LogP contribution in [0.1, 0.15) is 30.5 Å². The first-order valence-electron chi connectivity index (χ1n) is 9.65. The number of hydrazone groups is 1. The quantitative estimate of drug-likeness (QED) is 0.600. The fourth-order valence-corrected chi connectivity index (χ4v) is 4.85. The van der Waals surface area contributed by atoms with Crippen LogP contribution >= 0.6 is 11.6 Å². The number of carbonyl (C=O) groups excluding carboxylic acids is 1. The molecule has 0 radical (unpaired) electrons. The second-order valence-electron chi connectivity index (χ2n) is 7.15. The van der Waals surface area contributed by atoms with E-state index in [1.54, 1.807) is 48.5 Å². The number of hydrogen-bond donors (Lipinski definition) is 1. The fourth-order valence-electron chi connectivity index (χ4n) is 3.51. The van der Waals surface area contributed by atoms with Crippen molar-refractivity contribution in [2.24, 2.45) is 5.10 Å². The van der Waals surface area contributed by atoms with Crippen LogP contribution < -0.4 is 4.72 Å². The molecule has 3 aromatic rings. The first-order chi connectivity index (χ1) is 14.8. The molecule has 0 bridgehead atoms. The summed E-state index contributed by atoms with van der Waals surface area (Å²) in [7, 11) is -3.66. The summed E-state index contributed by atoms with van der Waals surface area (Å²) in [5.74, 6) is -0.174. The maximum atomic E-state index is 12.5. The van der Waals surface area contributed by atoms with Gasteiger partial charge in [-0.1, -0.05) is 60.1 Å². The number of carbonyl (C=O) groups is 1. The Kier molecular flexibility index (Phi) is 5.80. The van der Waals surface area contributed by atoms with Crippen molar-refractivity contribution in [2.75, 3.05) is 4.72 Å². The van der Waals surface area contributed by atoms with Gasteiger partial charge in [0, 0.05) is 24.1 Å². The van der Waals surface area contributed by atoms with E-state index in [9.17, 15) is 13.2 Å². The Morgan fingerprint density at radius 1 is 1.00 bits per heavy atom. The second-order valence-corrected chi connectivity index (χ2v) is 9.24. The summed E-state index contributed by atoms with van der Waals surface area (Å²) < 4.78 is 27.6. The summed E-state index contributed by atoms with van der Waals surface area (Å²) in [6.07, 6.45) is 0.512. The summed E-state index contributed by atoms with van der Waals surface area (Å²) in [6.45, 7) is 1.47. The lowest BCUT2D eigenvalue weighted by molar-refractivity contribution is -0.130. The number of sulfonamides is 1. The molecule has 0 aromatic heterocycles. The highest BCUT2D eigenvalue weighted by atomic mass is 35.5. The first kappa shape index (κ1) is 21.1. The van der Waals surface area contributed by atoms with Crippen molar-refractivity contribution in [3.63, 3.8) is 0 Å². The molecule has 1 atom stereocenters. The largest absolute Gasteiger partial charge is 0.280 e. The lowest BCUT2D eigenvalue weighted by Gasteiger charge is -2.21. The number of rotatable bonds is 5. The van der Waals surface area contributed by atoms with Crippen LogP contribution in [-0.2, 0) is 14.8 Å². The average Bonchev–Trinajstić information content (AvgIpc) is 3.20. The number of nitrogens with one attached hydrogen (secondary N) is 1. The van der Waals surface area contributed by atoms with Crippen LogP contribution in [0, 0.1) is 0 Å². The van der Waals surface area contributed by atoms with E-state index in [1.807, 2.05) is 18.2 Å². The standard InChI is InChI=1S/C23H20ClN3O3S/c1-16(28)27-23(20-9-5-6-10-21(20)24)15-22(25-27)17-11-13-18(14-12-17)26-31(29,30)19-7-3-2-4-8-19/h2-14,23,26H,15H2,1H3. The number of halogens is 1. The van der Waals surface area contributed by atoms with Crippen molar-refractivity contribution < 1.29 is 13.2 Å². The SMILES string of the molecule is CC(=O)N1N=C(c2ccc(NS(=O)(=O)c3ccccc3)cc2)CC1c1ccccc1Cl. The van der Waals surface area contributed by atoms with Gasteiger partial charge < -0.3 is 0 Å². The molecule has 0 fully saturated rings. The lowest BCUT2D eigenvalue weighted by Crippen LogP contribution is -2.24. The van der Waals surface area contributed by atoms with Crippen molar-refractivity contribution in [3.05, 3.63) is 95.0 Å². The van der Waals surface area contributed by atoms with Gasteiger partial charge in [0.25, 0.3) is 10.0 Å². The molecule has 1 aliphatic heterocycles. The summed E-state index contributed by atoms with van der Waals surface area (Å²) in [6, 6.07) is 22.2. The van der Waals surface area contributed by atoms with Crippen LogP contribution in [0.2, 0.25) is 5.02 Å². The van der Waals surface area contributed by atoms with E-state index in [0.29, 0.717) is 17.1 Å². The van der Waals surface area contributed by atoms with E-state index in [2.05, 4.69) is 9.82 Å². The Morgan fingerprint density at radius 3 is 2.29 bits per heavy atom. The zero-order valence-electron chi connectivity index (χ0n) is 16.7. The number of benzene rings is 3. The first-order valence-corrected chi connectivity index (χ1v) is 11.5. The molecule has 3 aromatic carbocycles. The minimum Gasteiger partial charge on any atom is -0.280 e. The highest BCUT2D eigenvalue weighted by Gasteiger charge is 2.32. The Balaban J connectivity index is 1.56. The summed E-state index contributed by atoms with van der Waals surface area (Å²) >= 11 is 6.35. The van der Waals surface area contributed by atoms with Gasteiger partial charge in [0.2, 0.25) is 5.91 Å². The zero-order valence-corrected chi connectivity index (χ0v) is 18.3. The van der Waals surface area contributed by atoms with E-state index in [1.165, 1.54) is 24.1 Å². The molecule has 1 heterocycles. The van der Waals surface area contributed by atoms with Crippen LogP contribution in [0.4, 0.5) is 5.69 Å². The molecule has 6 nitrogen and oxygen atoms in total. The monoisotopic (exact) mass is 453 g/mol. The third-order valence-electron chi connectivity index (χ3n) is 5.02. The van der Waals surface area contributed by atoms with Crippen molar-refractivity contribution in [1.82, 2.24) is 5.01 Å². The van der Waals surface area contributed by atoms with Gasteiger partial charge in [0.1, 0.15) is 0 Å². The Labute approximate surface area is 186 Å². The Hall–Kier alpha value is -3.16. The molecule has 8 heteroatoms. The molecule has 0 saturated carbocycles. The summed E-state index contributed by atoms with van der Waals surface area (Å²) in [5, 5.41) is 6.54. The van der Waals surface area contributed by atoms with Crippen LogP contribution in [0.15, 0.2) is 88.9 Å². The number of anilines is 1. The molecule has 1 amide bonds. The summed E-state index contributed by atoms with van der Waals surface area (Å²) in [4.78, 5) is 12.4. The molecule has 1 N–H and O–H groups in total. The van der Waals surface area contributed by atoms with Crippen LogP contribution in [-0.4, -0.2) is 25.0 Å². The number of nitrogens with zero attached hydrogens (tertiary/aromatic N) is 2. The lowest BCUT2D eigenvalue weighted by atomic mass is 9.98. The smallest absolute Gasteiger partial charge is 0.261 e. The van der Waals surface area contributed by atoms with Crippen LogP contribution in [0.25, 0.3) is 0 Å². The predicted octanol–water partition coefficient (Wildman–Crippen LogP) is 4.84. The van der Waals surface area contributed by atoms with Crippen molar-refractivity contribution >= 4 is 38.9 Å². The average molecular weight is 454 g/mol. The highest BCUT2D eigenvalue weighted by molar-refractivity contribution is 7.92. The van der Waals surface area contributed by atoms with Crippen molar-refractivity contribution in [3.8, 4) is 0 Å². The number of hydrogen-bond acceptors (Lipinski definition) is 4. The molecule has 31 heavy (non-hydrogen) atoms. The van der Waals surface area contributed by atoms with Gasteiger partial charge in [-0.15, -0.1) is 0 Å². The summed E-state index contributed by atoms with van der Waals surface area (Å²) in [5.41, 5.74) is 2.82. The van der Waals surface area contributed by atoms with Gasteiger partial charge in [-0.05, 0) is 41.5 Å². The van der Waals surface area contributed by atoms with Crippen LogP contribution in [0.3, 0.4) is 0 Å². The molecule has 4 rings (SSSR count). The molecule has 0 spiro atoms.